The maximum atomic E-state index is 4.65. The van der Waals surface area contributed by atoms with Crippen LogP contribution < -0.4 is 0 Å². The van der Waals surface area contributed by atoms with Crippen molar-refractivity contribution in [2.24, 2.45) is 23.7 Å². The largest absolute Gasteiger partial charge is 0.261 e. The molecule has 2 aliphatic rings. The molecule has 146 valence electrons. The van der Waals surface area contributed by atoms with Crippen LogP contribution in [-0.2, 0) is 12.8 Å². The van der Waals surface area contributed by atoms with Crippen LogP contribution in [0.2, 0.25) is 0 Å². The number of unbranched alkanes of at least 4 members (excludes halogenated alkanes) is 1. The molecule has 26 heavy (non-hydrogen) atoms. The molecule has 1 heterocycles. The van der Waals surface area contributed by atoms with Crippen LogP contribution >= 0.6 is 0 Å². The van der Waals surface area contributed by atoms with E-state index in [4.69, 9.17) is 0 Å². The van der Waals surface area contributed by atoms with Crippen LogP contribution in [0.15, 0.2) is 18.3 Å². The van der Waals surface area contributed by atoms with Crippen LogP contribution in [0, 0.1) is 23.7 Å². The number of nitrogens with zero attached hydrogens (tertiary/aromatic N) is 1. The Labute approximate surface area is 162 Å². The maximum absolute atomic E-state index is 4.65. The van der Waals surface area contributed by atoms with Gasteiger partial charge in [-0.05, 0) is 80.2 Å². The van der Waals surface area contributed by atoms with Crippen LogP contribution in [0.5, 0.6) is 0 Å². The first-order chi connectivity index (χ1) is 12.8. The van der Waals surface area contributed by atoms with E-state index in [0.717, 1.165) is 30.1 Å². The summed E-state index contributed by atoms with van der Waals surface area (Å²) in [7, 11) is 0. The minimum absolute atomic E-state index is 0.958. The first-order valence-corrected chi connectivity index (χ1v) is 11.7. The van der Waals surface area contributed by atoms with Gasteiger partial charge in [0.25, 0.3) is 0 Å². The highest BCUT2D eigenvalue weighted by Gasteiger charge is 2.30. The summed E-state index contributed by atoms with van der Waals surface area (Å²) in [4.78, 5) is 4.65. The summed E-state index contributed by atoms with van der Waals surface area (Å²) < 4.78 is 0. The van der Waals surface area contributed by atoms with Gasteiger partial charge in [-0.3, -0.25) is 4.98 Å². The summed E-state index contributed by atoms with van der Waals surface area (Å²) in [5.74, 6) is 4.14. The van der Waals surface area contributed by atoms with Gasteiger partial charge >= 0.3 is 0 Å². The number of aromatic nitrogens is 1. The summed E-state index contributed by atoms with van der Waals surface area (Å²) in [5.41, 5.74) is 2.66. The Morgan fingerprint density at radius 3 is 1.92 bits per heavy atom. The average Bonchev–Trinajstić information content (AvgIpc) is 2.72. The van der Waals surface area contributed by atoms with Gasteiger partial charge in [0.05, 0.1) is 0 Å². The van der Waals surface area contributed by atoms with Gasteiger partial charge in [0.15, 0.2) is 0 Å². The molecule has 0 spiro atoms. The van der Waals surface area contributed by atoms with Crippen molar-refractivity contribution in [2.75, 3.05) is 0 Å². The third kappa shape index (κ3) is 5.83. The fraction of sp³-hybridized carbons (Fsp3) is 0.800. The molecular weight excluding hydrogens is 314 g/mol. The monoisotopic (exact) mass is 355 g/mol. The summed E-state index contributed by atoms with van der Waals surface area (Å²) in [5, 5.41) is 0. The van der Waals surface area contributed by atoms with Crippen molar-refractivity contribution < 1.29 is 0 Å². The molecule has 0 unspecified atom stereocenters. The van der Waals surface area contributed by atoms with Crippen molar-refractivity contribution in [1.29, 1.82) is 0 Å². The summed E-state index contributed by atoms with van der Waals surface area (Å²) in [6, 6.07) is 4.51. The summed E-state index contributed by atoms with van der Waals surface area (Å²) in [6.45, 7) is 4.53. The Morgan fingerprint density at radius 1 is 0.808 bits per heavy atom. The molecular formula is C25H41N. The second-order valence-corrected chi connectivity index (χ2v) is 9.25. The molecule has 0 amide bonds. The second kappa shape index (κ2) is 10.5. The van der Waals surface area contributed by atoms with Crippen molar-refractivity contribution in [3.05, 3.63) is 29.6 Å². The molecule has 0 N–H and O–H groups in total. The van der Waals surface area contributed by atoms with Gasteiger partial charge in [0, 0.05) is 11.9 Å². The lowest BCUT2D eigenvalue weighted by Crippen LogP contribution is -2.26. The van der Waals surface area contributed by atoms with Crippen LogP contribution in [0.4, 0.5) is 0 Å². The van der Waals surface area contributed by atoms with E-state index >= 15 is 0 Å². The van der Waals surface area contributed by atoms with Gasteiger partial charge in [-0.2, -0.15) is 0 Å². The Hall–Kier alpha value is -0.850. The van der Waals surface area contributed by atoms with Crippen molar-refractivity contribution >= 4 is 0 Å². The smallest absolute Gasteiger partial charge is 0.0403 e. The van der Waals surface area contributed by atoms with Crippen molar-refractivity contribution in [1.82, 2.24) is 4.98 Å². The molecule has 0 radical (unpaired) electrons. The second-order valence-electron chi connectivity index (χ2n) is 9.25. The van der Waals surface area contributed by atoms with E-state index in [2.05, 4.69) is 37.2 Å². The normalized spacial score (nSPS) is 29.6. The molecule has 2 fully saturated rings. The fourth-order valence-electron chi connectivity index (χ4n) is 5.55. The third-order valence-corrected chi connectivity index (χ3v) is 7.52. The van der Waals surface area contributed by atoms with E-state index in [1.165, 1.54) is 94.7 Å². The zero-order valence-electron chi connectivity index (χ0n) is 17.4. The van der Waals surface area contributed by atoms with E-state index in [9.17, 15) is 0 Å². The SMILES string of the molecule is CCCCC1CCC(C2CCC(CCc3ccc(CC)cn3)CC2)CC1. The molecule has 0 aromatic carbocycles. The molecule has 1 aromatic heterocycles. The molecule has 1 heteroatoms. The van der Waals surface area contributed by atoms with Crippen LogP contribution in [0.25, 0.3) is 0 Å². The lowest BCUT2D eigenvalue weighted by Gasteiger charge is -2.38. The van der Waals surface area contributed by atoms with Crippen LogP contribution in [0.3, 0.4) is 0 Å². The van der Waals surface area contributed by atoms with E-state index in [-0.39, 0.29) is 0 Å². The molecule has 1 nitrogen and oxygen atoms in total. The summed E-state index contributed by atoms with van der Waals surface area (Å²) >= 11 is 0. The van der Waals surface area contributed by atoms with Gasteiger partial charge in [0.1, 0.15) is 0 Å². The topological polar surface area (TPSA) is 12.9 Å². The number of hydrogen-bond donors (Lipinski definition) is 0. The van der Waals surface area contributed by atoms with Crippen LogP contribution in [-0.4, -0.2) is 4.98 Å². The Bertz CT molecular complexity index is 489. The lowest BCUT2D eigenvalue weighted by molar-refractivity contribution is 0.140. The third-order valence-electron chi connectivity index (χ3n) is 7.52. The summed E-state index contributed by atoms with van der Waals surface area (Å²) in [6.07, 6.45) is 22.2. The molecule has 1 aromatic rings. The predicted octanol–water partition coefficient (Wildman–Crippen LogP) is 7.38. The van der Waals surface area contributed by atoms with Crippen molar-refractivity contribution in [2.45, 2.75) is 104 Å². The van der Waals surface area contributed by atoms with Gasteiger partial charge in [0.2, 0.25) is 0 Å². The zero-order chi connectivity index (χ0) is 18.2. The average molecular weight is 356 g/mol. The highest BCUT2D eigenvalue weighted by atomic mass is 14.7. The maximum Gasteiger partial charge on any atom is 0.0403 e. The Morgan fingerprint density at radius 2 is 1.42 bits per heavy atom. The molecule has 0 bridgehead atoms. The number of aryl methyl sites for hydroxylation is 2. The fourth-order valence-corrected chi connectivity index (χ4v) is 5.55. The number of pyridine rings is 1. The molecule has 0 atom stereocenters. The van der Waals surface area contributed by atoms with Gasteiger partial charge in [-0.1, -0.05) is 64.9 Å². The molecule has 2 aliphatic carbocycles. The quantitative estimate of drug-likeness (QED) is 0.474. The standard InChI is InChI=1S/C25H41N/c1-3-5-6-21-7-13-23(14-8-21)24-15-9-22(10-16-24)12-18-25-17-11-20(4-2)19-26-25/h11,17,19,21-24H,3-10,12-16,18H2,1-2H3. The van der Waals surface area contributed by atoms with Crippen molar-refractivity contribution in [3.63, 3.8) is 0 Å². The van der Waals surface area contributed by atoms with Gasteiger partial charge < -0.3 is 0 Å². The first kappa shape index (κ1) is 19.9. The molecule has 0 aliphatic heterocycles. The highest BCUT2D eigenvalue weighted by Crippen LogP contribution is 2.43. The Kier molecular flexibility index (Phi) is 8.02. The van der Waals surface area contributed by atoms with E-state index < -0.39 is 0 Å². The number of rotatable bonds is 8. The first-order valence-electron chi connectivity index (χ1n) is 11.7. The van der Waals surface area contributed by atoms with Crippen LogP contribution in [0.1, 0.15) is 102 Å². The van der Waals surface area contributed by atoms with E-state index in [1.54, 1.807) is 0 Å². The van der Waals surface area contributed by atoms with Gasteiger partial charge in [-0.25, -0.2) is 0 Å². The Balaban J connectivity index is 1.34. The minimum Gasteiger partial charge on any atom is -0.261 e. The minimum atomic E-state index is 0.958. The molecule has 2 saturated carbocycles. The van der Waals surface area contributed by atoms with E-state index in [0.29, 0.717) is 0 Å². The predicted molar refractivity (Wildman–Crippen MR) is 112 cm³/mol. The van der Waals surface area contributed by atoms with Crippen molar-refractivity contribution in [3.8, 4) is 0 Å². The molecule has 0 saturated heterocycles. The number of hydrogen-bond acceptors (Lipinski definition) is 1. The lowest BCUT2D eigenvalue weighted by atomic mass is 9.68. The zero-order valence-corrected chi connectivity index (χ0v) is 17.4. The van der Waals surface area contributed by atoms with E-state index in [1.807, 2.05) is 0 Å². The highest BCUT2D eigenvalue weighted by molar-refractivity contribution is 5.14. The van der Waals surface area contributed by atoms with Gasteiger partial charge in [-0.15, -0.1) is 0 Å². The molecule has 3 rings (SSSR count).